The molecule has 0 aromatic heterocycles. The first kappa shape index (κ1) is 15.3. The van der Waals surface area contributed by atoms with Crippen molar-refractivity contribution in [2.45, 2.75) is 39.3 Å². The molecular weight excluding hydrogens is 250 g/mol. The second-order valence-electron chi connectivity index (χ2n) is 4.29. The summed E-state index contributed by atoms with van der Waals surface area (Å²) in [5.74, 6) is 0.842. The van der Waals surface area contributed by atoms with Crippen molar-refractivity contribution in [3.8, 4) is 5.75 Å². The fraction of sp³-hybridized carbons (Fsp3) is 0.571. The third-order valence-corrected chi connectivity index (χ3v) is 3.17. The first-order chi connectivity index (χ1) is 8.62. The Bertz CT molecular complexity index is 367. The number of halogens is 1. The molecule has 0 spiro atoms. The quantitative estimate of drug-likeness (QED) is 0.800. The van der Waals surface area contributed by atoms with Crippen molar-refractivity contribution in [3.05, 3.63) is 28.8 Å². The van der Waals surface area contributed by atoms with E-state index in [-0.39, 0.29) is 18.7 Å². The topological polar surface area (TPSA) is 41.5 Å². The first-order valence-electron chi connectivity index (χ1n) is 6.41. The molecule has 0 radical (unpaired) electrons. The van der Waals surface area contributed by atoms with E-state index in [1.807, 2.05) is 39.0 Å². The summed E-state index contributed by atoms with van der Waals surface area (Å²) < 4.78 is 5.60. The third kappa shape index (κ3) is 4.16. The normalized spacial score (nSPS) is 14.3. The summed E-state index contributed by atoms with van der Waals surface area (Å²) in [7, 11) is 0. The van der Waals surface area contributed by atoms with Gasteiger partial charge in [-0.3, -0.25) is 0 Å². The van der Waals surface area contributed by atoms with E-state index in [9.17, 15) is 5.11 Å². The van der Waals surface area contributed by atoms with Crippen molar-refractivity contribution in [1.82, 2.24) is 5.32 Å². The molecule has 2 unspecified atom stereocenters. The molecule has 18 heavy (non-hydrogen) atoms. The minimum absolute atomic E-state index is 0.0855. The van der Waals surface area contributed by atoms with E-state index in [1.54, 1.807) is 0 Å². The van der Waals surface area contributed by atoms with Gasteiger partial charge >= 0.3 is 0 Å². The molecule has 3 nitrogen and oxygen atoms in total. The maximum atomic E-state index is 9.23. The van der Waals surface area contributed by atoms with Gasteiger partial charge in [0.1, 0.15) is 5.75 Å². The lowest BCUT2D eigenvalue weighted by Crippen LogP contribution is -2.34. The number of ether oxygens (including phenoxy) is 1. The lowest BCUT2D eigenvalue weighted by atomic mass is 10.1. The van der Waals surface area contributed by atoms with E-state index in [0.29, 0.717) is 11.6 Å². The second kappa shape index (κ2) is 7.62. The van der Waals surface area contributed by atoms with Crippen LogP contribution in [0.4, 0.5) is 0 Å². The van der Waals surface area contributed by atoms with Gasteiger partial charge in [-0.15, -0.1) is 0 Å². The van der Waals surface area contributed by atoms with Crippen LogP contribution in [0.25, 0.3) is 0 Å². The van der Waals surface area contributed by atoms with Crippen molar-refractivity contribution in [2.24, 2.45) is 0 Å². The van der Waals surface area contributed by atoms with E-state index in [2.05, 4.69) is 5.32 Å². The Morgan fingerprint density at radius 1 is 1.39 bits per heavy atom. The van der Waals surface area contributed by atoms with Gasteiger partial charge in [-0.1, -0.05) is 18.5 Å². The highest BCUT2D eigenvalue weighted by atomic mass is 35.5. The molecule has 102 valence electrons. The minimum Gasteiger partial charge on any atom is -0.494 e. The molecule has 0 saturated heterocycles. The predicted octanol–water partition coefficient (Wildman–Crippen LogP) is 3.16. The van der Waals surface area contributed by atoms with Gasteiger partial charge in [-0.05, 0) is 38.5 Å². The maximum Gasteiger partial charge on any atom is 0.124 e. The van der Waals surface area contributed by atoms with Crippen LogP contribution in [0.2, 0.25) is 5.02 Å². The average Bonchev–Trinajstić information content (AvgIpc) is 2.38. The summed E-state index contributed by atoms with van der Waals surface area (Å²) in [6.45, 7) is 6.80. The fourth-order valence-electron chi connectivity index (χ4n) is 1.89. The fourth-order valence-corrected chi connectivity index (χ4v) is 2.07. The van der Waals surface area contributed by atoms with E-state index >= 15 is 0 Å². The molecule has 2 atom stereocenters. The number of aliphatic hydroxyl groups excluding tert-OH is 1. The van der Waals surface area contributed by atoms with Crippen molar-refractivity contribution >= 4 is 11.6 Å². The van der Waals surface area contributed by atoms with Crippen LogP contribution in [-0.2, 0) is 0 Å². The average molecular weight is 272 g/mol. The first-order valence-corrected chi connectivity index (χ1v) is 6.79. The van der Waals surface area contributed by atoms with E-state index in [1.165, 1.54) is 0 Å². The summed E-state index contributed by atoms with van der Waals surface area (Å²) in [4.78, 5) is 0. The minimum atomic E-state index is 0.0855. The van der Waals surface area contributed by atoms with Crippen LogP contribution in [0.15, 0.2) is 18.2 Å². The van der Waals surface area contributed by atoms with Crippen LogP contribution < -0.4 is 10.1 Å². The van der Waals surface area contributed by atoms with Crippen LogP contribution in [-0.4, -0.2) is 24.4 Å². The Labute approximate surface area is 114 Å². The standard InChI is InChI=1S/C14H22ClNO2/c1-4-12(9-17)16-10(3)13-8-11(15)6-7-14(13)18-5-2/h6-8,10,12,16-17H,4-5,9H2,1-3H3. The highest BCUT2D eigenvalue weighted by Crippen LogP contribution is 2.28. The Hall–Kier alpha value is -0.770. The van der Waals surface area contributed by atoms with Crippen molar-refractivity contribution in [3.63, 3.8) is 0 Å². The van der Waals surface area contributed by atoms with Crippen molar-refractivity contribution in [2.75, 3.05) is 13.2 Å². The molecule has 1 rings (SSSR count). The Kier molecular flexibility index (Phi) is 6.47. The molecule has 0 saturated carbocycles. The maximum absolute atomic E-state index is 9.23. The molecule has 0 aliphatic carbocycles. The summed E-state index contributed by atoms with van der Waals surface area (Å²) in [5.41, 5.74) is 1.02. The number of rotatable bonds is 7. The van der Waals surface area contributed by atoms with Gasteiger partial charge in [0.15, 0.2) is 0 Å². The molecule has 0 aliphatic heterocycles. The zero-order valence-corrected chi connectivity index (χ0v) is 12.0. The number of benzene rings is 1. The summed E-state index contributed by atoms with van der Waals surface area (Å²) >= 11 is 6.03. The van der Waals surface area contributed by atoms with Gasteiger partial charge in [0.25, 0.3) is 0 Å². The zero-order chi connectivity index (χ0) is 13.5. The molecular formula is C14H22ClNO2. The lowest BCUT2D eigenvalue weighted by molar-refractivity contribution is 0.229. The van der Waals surface area contributed by atoms with Crippen LogP contribution in [0, 0.1) is 0 Å². The van der Waals surface area contributed by atoms with Crippen LogP contribution in [0.1, 0.15) is 38.8 Å². The van der Waals surface area contributed by atoms with Crippen LogP contribution in [0.5, 0.6) is 5.75 Å². The summed E-state index contributed by atoms with van der Waals surface area (Å²) in [6, 6.07) is 5.80. The second-order valence-corrected chi connectivity index (χ2v) is 4.73. The van der Waals surface area contributed by atoms with Crippen molar-refractivity contribution < 1.29 is 9.84 Å². The third-order valence-electron chi connectivity index (χ3n) is 2.94. The number of nitrogens with one attached hydrogen (secondary N) is 1. The molecule has 4 heteroatoms. The Morgan fingerprint density at radius 3 is 2.67 bits per heavy atom. The zero-order valence-electron chi connectivity index (χ0n) is 11.2. The smallest absolute Gasteiger partial charge is 0.124 e. The Morgan fingerprint density at radius 2 is 2.11 bits per heavy atom. The van der Waals surface area contributed by atoms with Crippen LogP contribution >= 0.6 is 11.6 Å². The monoisotopic (exact) mass is 271 g/mol. The van der Waals surface area contributed by atoms with Gasteiger partial charge in [0, 0.05) is 22.7 Å². The number of hydrogen-bond donors (Lipinski definition) is 2. The van der Waals surface area contributed by atoms with Gasteiger partial charge in [-0.25, -0.2) is 0 Å². The van der Waals surface area contributed by atoms with Gasteiger partial charge in [0.05, 0.1) is 13.2 Å². The predicted molar refractivity (Wildman–Crippen MR) is 75.3 cm³/mol. The molecule has 2 N–H and O–H groups in total. The van der Waals surface area contributed by atoms with E-state index in [0.717, 1.165) is 17.7 Å². The van der Waals surface area contributed by atoms with Gasteiger partial charge in [-0.2, -0.15) is 0 Å². The molecule has 0 fully saturated rings. The van der Waals surface area contributed by atoms with E-state index in [4.69, 9.17) is 16.3 Å². The summed E-state index contributed by atoms with van der Waals surface area (Å²) in [6.07, 6.45) is 0.880. The lowest BCUT2D eigenvalue weighted by Gasteiger charge is -2.23. The van der Waals surface area contributed by atoms with Gasteiger partial charge < -0.3 is 15.2 Å². The molecule has 0 amide bonds. The SMILES string of the molecule is CCOc1ccc(Cl)cc1C(C)NC(CC)CO. The number of aliphatic hydroxyl groups is 1. The van der Waals surface area contributed by atoms with Crippen molar-refractivity contribution in [1.29, 1.82) is 0 Å². The Balaban J connectivity index is 2.88. The largest absolute Gasteiger partial charge is 0.494 e. The van der Waals surface area contributed by atoms with Crippen LogP contribution in [0.3, 0.4) is 0 Å². The summed E-state index contributed by atoms with van der Waals surface area (Å²) in [5, 5.41) is 13.3. The highest BCUT2D eigenvalue weighted by Gasteiger charge is 2.15. The number of hydrogen-bond acceptors (Lipinski definition) is 3. The molecule has 1 aromatic rings. The molecule has 0 aliphatic rings. The van der Waals surface area contributed by atoms with E-state index < -0.39 is 0 Å². The molecule has 0 heterocycles. The molecule has 1 aromatic carbocycles. The highest BCUT2D eigenvalue weighted by molar-refractivity contribution is 6.30. The molecule has 0 bridgehead atoms. The van der Waals surface area contributed by atoms with Gasteiger partial charge in [0.2, 0.25) is 0 Å².